The molecule has 0 atom stereocenters. The lowest BCUT2D eigenvalue weighted by Gasteiger charge is -2.12. The topological polar surface area (TPSA) is 44.8 Å². The van der Waals surface area contributed by atoms with E-state index in [9.17, 15) is 4.79 Å². The number of methoxy groups -OCH3 is 2. The molecule has 2 rings (SSSR count). The predicted molar refractivity (Wildman–Crippen MR) is 88.8 cm³/mol. The van der Waals surface area contributed by atoms with E-state index < -0.39 is 0 Å². The fraction of sp³-hybridized carbons (Fsp3) is 0.316. The smallest absolute Gasteiger partial charge is 0.306 e. The maximum Gasteiger partial charge on any atom is 0.306 e. The van der Waals surface area contributed by atoms with Crippen molar-refractivity contribution < 1.29 is 19.0 Å². The van der Waals surface area contributed by atoms with Crippen molar-refractivity contribution in [3.8, 4) is 11.5 Å². The quantitative estimate of drug-likeness (QED) is 0.731. The van der Waals surface area contributed by atoms with Gasteiger partial charge in [0.2, 0.25) is 0 Å². The van der Waals surface area contributed by atoms with Crippen LogP contribution < -0.4 is 9.47 Å². The van der Waals surface area contributed by atoms with Gasteiger partial charge < -0.3 is 14.2 Å². The Morgan fingerprint density at radius 3 is 2.39 bits per heavy atom. The number of carbonyl (C=O) groups is 1. The van der Waals surface area contributed by atoms with Gasteiger partial charge >= 0.3 is 5.97 Å². The van der Waals surface area contributed by atoms with Gasteiger partial charge in [0, 0.05) is 6.42 Å². The van der Waals surface area contributed by atoms with Gasteiger partial charge in [-0.3, -0.25) is 4.79 Å². The first-order valence-electron chi connectivity index (χ1n) is 7.55. The number of esters is 1. The Hall–Kier alpha value is -2.49. The Morgan fingerprint density at radius 2 is 1.74 bits per heavy atom. The van der Waals surface area contributed by atoms with E-state index in [1.807, 2.05) is 49.4 Å². The van der Waals surface area contributed by atoms with Crippen molar-refractivity contribution in [2.45, 2.75) is 26.4 Å². The average Bonchev–Trinajstić information content (AvgIpc) is 2.58. The largest absolute Gasteiger partial charge is 0.493 e. The van der Waals surface area contributed by atoms with Crippen molar-refractivity contribution in [3.63, 3.8) is 0 Å². The number of carbonyl (C=O) groups excluding carboxylic acids is 1. The van der Waals surface area contributed by atoms with E-state index in [2.05, 4.69) is 0 Å². The number of rotatable bonds is 7. The lowest BCUT2D eigenvalue weighted by Crippen LogP contribution is -2.06. The molecule has 0 bridgehead atoms. The second kappa shape index (κ2) is 8.22. The van der Waals surface area contributed by atoms with E-state index in [-0.39, 0.29) is 5.97 Å². The van der Waals surface area contributed by atoms with Gasteiger partial charge in [-0.25, -0.2) is 0 Å². The van der Waals surface area contributed by atoms with Crippen LogP contribution in [-0.4, -0.2) is 20.2 Å². The van der Waals surface area contributed by atoms with E-state index in [1.54, 1.807) is 14.2 Å². The van der Waals surface area contributed by atoms with Crippen LogP contribution in [0.1, 0.15) is 23.1 Å². The average molecular weight is 314 g/mol. The third-order valence-electron chi connectivity index (χ3n) is 3.60. The molecule has 0 aromatic heterocycles. The minimum atomic E-state index is -0.226. The van der Waals surface area contributed by atoms with Crippen LogP contribution >= 0.6 is 0 Å². The molecule has 0 aliphatic carbocycles. The minimum Gasteiger partial charge on any atom is -0.493 e. The monoisotopic (exact) mass is 314 g/mol. The molecule has 0 fully saturated rings. The lowest BCUT2D eigenvalue weighted by molar-refractivity contribution is -0.144. The highest BCUT2D eigenvalue weighted by Gasteiger charge is 2.11. The molecule has 0 N–H and O–H groups in total. The molecule has 2 aromatic rings. The van der Waals surface area contributed by atoms with Crippen molar-refractivity contribution in [1.29, 1.82) is 0 Å². The second-order valence-corrected chi connectivity index (χ2v) is 5.30. The molecule has 122 valence electrons. The summed E-state index contributed by atoms with van der Waals surface area (Å²) >= 11 is 0. The number of hydrogen-bond donors (Lipinski definition) is 0. The number of para-hydroxylation sites is 1. The van der Waals surface area contributed by atoms with E-state index in [4.69, 9.17) is 14.2 Å². The SMILES string of the molecule is COc1cccc(CCC(=O)OCc2ccc(C)cc2)c1OC. The van der Waals surface area contributed by atoms with E-state index in [1.165, 1.54) is 5.56 Å². The highest BCUT2D eigenvalue weighted by Crippen LogP contribution is 2.31. The van der Waals surface area contributed by atoms with Crippen molar-refractivity contribution in [1.82, 2.24) is 0 Å². The molecule has 0 aliphatic heterocycles. The maximum absolute atomic E-state index is 11.9. The third-order valence-corrected chi connectivity index (χ3v) is 3.60. The Kier molecular flexibility index (Phi) is 6.03. The van der Waals surface area contributed by atoms with Crippen LogP contribution in [0, 0.1) is 6.92 Å². The number of hydrogen-bond acceptors (Lipinski definition) is 4. The number of benzene rings is 2. The Balaban J connectivity index is 1.88. The summed E-state index contributed by atoms with van der Waals surface area (Å²) in [6, 6.07) is 13.6. The second-order valence-electron chi connectivity index (χ2n) is 5.30. The fourth-order valence-electron chi connectivity index (χ4n) is 2.31. The zero-order chi connectivity index (χ0) is 16.7. The standard InChI is InChI=1S/C19H22O4/c1-14-7-9-15(10-8-14)13-23-18(20)12-11-16-5-4-6-17(21-2)19(16)22-3/h4-10H,11-13H2,1-3H3. The van der Waals surface area contributed by atoms with Gasteiger partial charge in [-0.2, -0.15) is 0 Å². The van der Waals surface area contributed by atoms with E-state index in [0.717, 1.165) is 11.1 Å². The Labute approximate surface area is 137 Å². The van der Waals surface area contributed by atoms with Crippen molar-refractivity contribution in [3.05, 3.63) is 59.2 Å². The van der Waals surface area contributed by atoms with Gasteiger partial charge in [0.15, 0.2) is 11.5 Å². The van der Waals surface area contributed by atoms with Crippen LogP contribution in [0.2, 0.25) is 0 Å². The molecule has 2 aromatic carbocycles. The number of ether oxygens (including phenoxy) is 3. The normalized spacial score (nSPS) is 10.2. The van der Waals surface area contributed by atoms with Crippen LogP contribution in [0.3, 0.4) is 0 Å². The molecule has 0 saturated heterocycles. The molecule has 4 heteroatoms. The summed E-state index contributed by atoms with van der Waals surface area (Å²) in [5.74, 6) is 1.11. The molecule has 0 amide bonds. The van der Waals surface area contributed by atoms with Gasteiger partial charge in [0.25, 0.3) is 0 Å². The molecule has 0 unspecified atom stereocenters. The van der Waals surface area contributed by atoms with Gasteiger partial charge in [-0.1, -0.05) is 42.0 Å². The third kappa shape index (κ3) is 4.74. The zero-order valence-electron chi connectivity index (χ0n) is 13.8. The summed E-state index contributed by atoms with van der Waals surface area (Å²) in [5, 5.41) is 0. The lowest BCUT2D eigenvalue weighted by atomic mass is 10.1. The molecule has 0 spiro atoms. The predicted octanol–water partition coefficient (Wildman–Crippen LogP) is 3.69. The fourth-order valence-corrected chi connectivity index (χ4v) is 2.31. The molecular weight excluding hydrogens is 292 g/mol. The van der Waals surface area contributed by atoms with Crippen LogP contribution in [0.4, 0.5) is 0 Å². The zero-order valence-corrected chi connectivity index (χ0v) is 13.8. The Morgan fingerprint density at radius 1 is 1.00 bits per heavy atom. The van der Waals surface area contributed by atoms with Gasteiger partial charge in [0.05, 0.1) is 14.2 Å². The summed E-state index contributed by atoms with van der Waals surface area (Å²) in [6.45, 7) is 2.33. The van der Waals surface area contributed by atoms with Crippen LogP contribution in [0.15, 0.2) is 42.5 Å². The maximum atomic E-state index is 11.9. The van der Waals surface area contributed by atoms with Gasteiger partial charge in [0.1, 0.15) is 6.61 Å². The summed E-state index contributed by atoms with van der Waals surface area (Å²) in [5.41, 5.74) is 3.10. The molecule has 0 heterocycles. The van der Waals surface area contributed by atoms with Crippen molar-refractivity contribution >= 4 is 5.97 Å². The summed E-state index contributed by atoms with van der Waals surface area (Å²) in [4.78, 5) is 11.9. The summed E-state index contributed by atoms with van der Waals surface area (Å²) in [6.07, 6.45) is 0.850. The van der Waals surface area contributed by atoms with Crippen LogP contribution in [0.5, 0.6) is 11.5 Å². The first-order valence-corrected chi connectivity index (χ1v) is 7.55. The van der Waals surface area contributed by atoms with Crippen molar-refractivity contribution in [2.75, 3.05) is 14.2 Å². The number of aryl methyl sites for hydroxylation is 2. The molecule has 0 saturated carbocycles. The highest BCUT2D eigenvalue weighted by atomic mass is 16.5. The first-order chi connectivity index (χ1) is 11.1. The molecular formula is C19H22O4. The highest BCUT2D eigenvalue weighted by molar-refractivity contribution is 5.70. The van der Waals surface area contributed by atoms with Gasteiger partial charge in [-0.05, 0) is 30.5 Å². The molecule has 23 heavy (non-hydrogen) atoms. The first kappa shape index (κ1) is 16.9. The van der Waals surface area contributed by atoms with E-state index in [0.29, 0.717) is 30.9 Å². The van der Waals surface area contributed by atoms with Gasteiger partial charge in [-0.15, -0.1) is 0 Å². The molecule has 4 nitrogen and oxygen atoms in total. The summed E-state index contributed by atoms with van der Waals surface area (Å²) < 4.78 is 15.9. The molecule has 0 radical (unpaired) electrons. The van der Waals surface area contributed by atoms with Crippen LogP contribution in [-0.2, 0) is 22.6 Å². The Bertz CT molecular complexity index is 647. The summed E-state index contributed by atoms with van der Waals surface area (Å²) in [7, 11) is 3.19. The van der Waals surface area contributed by atoms with E-state index >= 15 is 0 Å². The molecule has 0 aliphatic rings. The van der Waals surface area contributed by atoms with Crippen LogP contribution in [0.25, 0.3) is 0 Å². The minimum absolute atomic E-state index is 0.226. The van der Waals surface area contributed by atoms with Crippen molar-refractivity contribution in [2.24, 2.45) is 0 Å².